The molecule has 3 aromatic rings. The molecule has 1 atom stereocenters. The summed E-state index contributed by atoms with van der Waals surface area (Å²) in [4.78, 5) is 23.9. The van der Waals surface area contributed by atoms with Gasteiger partial charge in [-0.05, 0) is 30.3 Å². The van der Waals surface area contributed by atoms with Gasteiger partial charge in [-0.25, -0.2) is 9.48 Å². The fraction of sp³-hybridized carbons (Fsp3) is 0.174. The molecule has 0 fully saturated rings. The van der Waals surface area contributed by atoms with E-state index < -0.39 is 24.5 Å². The molecule has 31 heavy (non-hydrogen) atoms. The van der Waals surface area contributed by atoms with Gasteiger partial charge >= 0.3 is 5.97 Å². The number of benzene rings is 2. The number of hydrogen-bond donors (Lipinski definition) is 2. The van der Waals surface area contributed by atoms with Gasteiger partial charge in [-0.2, -0.15) is 5.10 Å². The summed E-state index contributed by atoms with van der Waals surface area (Å²) in [7, 11) is 2.77. The van der Waals surface area contributed by atoms with Crippen molar-refractivity contribution in [2.45, 2.75) is 6.04 Å². The van der Waals surface area contributed by atoms with Crippen molar-refractivity contribution in [3.05, 3.63) is 72.4 Å². The summed E-state index contributed by atoms with van der Waals surface area (Å²) >= 11 is 0. The third kappa shape index (κ3) is 5.18. The fourth-order valence-corrected chi connectivity index (χ4v) is 2.98. The summed E-state index contributed by atoms with van der Waals surface area (Å²) in [5, 5.41) is 16.4. The van der Waals surface area contributed by atoms with E-state index in [1.807, 2.05) is 54.6 Å². The Morgan fingerprint density at radius 1 is 1.13 bits per heavy atom. The smallest absolute Gasteiger partial charge is 0.330 e. The molecule has 1 aromatic heterocycles. The Morgan fingerprint density at radius 2 is 1.84 bits per heavy atom. The van der Waals surface area contributed by atoms with Gasteiger partial charge in [0.25, 0.3) is 0 Å². The zero-order valence-electron chi connectivity index (χ0n) is 17.2. The molecule has 3 rings (SSSR count). The average molecular weight is 421 g/mol. The van der Waals surface area contributed by atoms with Gasteiger partial charge < -0.3 is 19.9 Å². The Morgan fingerprint density at radius 3 is 2.52 bits per heavy atom. The molecule has 1 amide bonds. The predicted octanol–water partition coefficient (Wildman–Crippen LogP) is 2.21. The number of carbonyl (C=O) groups is 2. The summed E-state index contributed by atoms with van der Waals surface area (Å²) in [6, 6.07) is 15.9. The highest BCUT2D eigenvalue weighted by Gasteiger charge is 2.19. The van der Waals surface area contributed by atoms with Gasteiger partial charge in [-0.1, -0.05) is 30.3 Å². The first-order valence-corrected chi connectivity index (χ1v) is 9.53. The molecule has 2 aromatic carbocycles. The van der Waals surface area contributed by atoms with Crippen molar-refractivity contribution in [2.24, 2.45) is 0 Å². The van der Waals surface area contributed by atoms with E-state index in [1.165, 1.54) is 13.2 Å². The second-order valence-electron chi connectivity index (χ2n) is 6.51. The van der Waals surface area contributed by atoms with Crippen molar-refractivity contribution in [1.29, 1.82) is 0 Å². The molecule has 0 aliphatic carbocycles. The van der Waals surface area contributed by atoms with Crippen LogP contribution in [0.3, 0.4) is 0 Å². The fourth-order valence-electron chi connectivity index (χ4n) is 2.98. The third-order valence-corrected chi connectivity index (χ3v) is 4.52. The van der Waals surface area contributed by atoms with Crippen molar-refractivity contribution in [3.63, 3.8) is 0 Å². The molecule has 0 spiro atoms. The number of rotatable bonds is 8. The van der Waals surface area contributed by atoms with Crippen LogP contribution in [0.4, 0.5) is 0 Å². The van der Waals surface area contributed by atoms with Crippen molar-refractivity contribution in [3.8, 4) is 22.7 Å². The normalized spacial score (nSPS) is 11.8. The van der Waals surface area contributed by atoms with Crippen LogP contribution in [0.1, 0.15) is 5.56 Å². The summed E-state index contributed by atoms with van der Waals surface area (Å²) in [5.41, 5.74) is 2.91. The van der Waals surface area contributed by atoms with E-state index in [2.05, 4.69) is 10.1 Å². The third-order valence-electron chi connectivity index (χ3n) is 4.52. The van der Waals surface area contributed by atoms with Crippen LogP contribution < -0.4 is 10.1 Å². The quantitative estimate of drug-likeness (QED) is 0.427. The molecule has 1 heterocycles. The summed E-state index contributed by atoms with van der Waals surface area (Å²) < 4.78 is 11.7. The number of para-hydroxylation sites is 2. The standard InChI is InChI=1S/C23H23N3O5/c1-30-20-11-7-6-10-18(20)22-16(14-26(25-22)17-8-4-3-5-9-17)12-13-21(28)24-19(15-27)23(29)31-2/h3-14,19,27H,15H2,1-2H3,(H,24,28)/b13-12+/t19-/m0/s1. The lowest BCUT2D eigenvalue weighted by molar-refractivity contribution is -0.145. The molecule has 8 nitrogen and oxygen atoms in total. The average Bonchev–Trinajstić information content (AvgIpc) is 3.25. The van der Waals surface area contributed by atoms with E-state index in [9.17, 15) is 14.7 Å². The molecule has 8 heteroatoms. The number of nitrogens with one attached hydrogen (secondary N) is 1. The number of esters is 1. The van der Waals surface area contributed by atoms with Crippen LogP contribution in [0, 0.1) is 0 Å². The van der Waals surface area contributed by atoms with Crippen LogP contribution in [0.2, 0.25) is 0 Å². The second-order valence-corrected chi connectivity index (χ2v) is 6.51. The van der Waals surface area contributed by atoms with E-state index in [4.69, 9.17) is 9.84 Å². The molecule has 0 bridgehead atoms. The number of nitrogens with zero attached hydrogens (tertiary/aromatic N) is 2. The SMILES string of the molecule is COC(=O)[C@H](CO)NC(=O)/C=C/c1cn(-c2ccccc2)nc1-c1ccccc1OC. The van der Waals surface area contributed by atoms with Gasteiger partial charge in [0.1, 0.15) is 11.4 Å². The number of methoxy groups -OCH3 is 2. The molecular formula is C23H23N3O5. The monoisotopic (exact) mass is 421 g/mol. The number of ether oxygens (including phenoxy) is 2. The van der Waals surface area contributed by atoms with Gasteiger partial charge in [-0.3, -0.25) is 4.79 Å². The highest BCUT2D eigenvalue weighted by Crippen LogP contribution is 2.32. The van der Waals surface area contributed by atoms with E-state index in [1.54, 1.807) is 24.1 Å². The number of aliphatic hydroxyl groups excluding tert-OH is 1. The van der Waals surface area contributed by atoms with Gasteiger partial charge in [-0.15, -0.1) is 0 Å². The summed E-state index contributed by atoms with van der Waals surface area (Å²) in [6.07, 6.45) is 4.66. The van der Waals surface area contributed by atoms with Crippen LogP contribution in [0.15, 0.2) is 66.9 Å². The van der Waals surface area contributed by atoms with Gasteiger partial charge in [0.05, 0.1) is 26.5 Å². The Hall–Kier alpha value is -3.91. The number of aliphatic hydroxyl groups is 1. The molecule has 0 aliphatic rings. The number of amides is 1. The Balaban J connectivity index is 1.96. The minimum Gasteiger partial charge on any atom is -0.496 e. The summed E-state index contributed by atoms with van der Waals surface area (Å²) in [6.45, 7) is -0.565. The molecule has 0 radical (unpaired) electrons. The summed E-state index contributed by atoms with van der Waals surface area (Å²) in [5.74, 6) is -0.635. The first-order valence-electron chi connectivity index (χ1n) is 9.53. The van der Waals surface area contributed by atoms with Crippen LogP contribution in [0.25, 0.3) is 23.0 Å². The van der Waals surface area contributed by atoms with Gasteiger partial charge in [0.2, 0.25) is 5.91 Å². The molecule has 0 saturated carbocycles. The number of aromatic nitrogens is 2. The lowest BCUT2D eigenvalue weighted by Crippen LogP contribution is -2.43. The van der Waals surface area contributed by atoms with Gasteiger partial charge in [0.15, 0.2) is 6.04 Å². The van der Waals surface area contributed by atoms with E-state index in [0.29, 0.717) is 17.0 Å². The topological polar surface area (TPSA) is 103 Å². The van der Waals surface area contributed by atoms with Gasteiger partial charge in [0, 0.05) is 23.4 Å². The maximum absolute atomic E-state index is 12.3. The largest absolute Gasteiger partial charge is 0.496 e. The minimum absolute atomic E-state index is 0.553. The van der Waals surface area contributed by atoms with Crippen molar-refractivity contribution < 1.29 is 24.2 Å². The zero-order valence-corrected chi connectivity index (χ0v) is 17.2. The van der Waals surface area contributed by atoms with Crippen molar-refractivity contribution in [1.82, 2.24) is 15.1 Å². The molecule has 0 unspecified atom stereocenters. The zero-order chi connectivity index (χ0) is 22.2. The van der Waals surface area contributed by atoms with E-state index in [0.717, 1.165) is 11.3 Å². The second kappa shape index (κ2) is 10.2. The molecule has 160 valence electrons. The van der Waals surface area contributed by atoms with Crippen molar-refractivity contribution >= 4 is 18.0 Å². The van der Waals surface area contributed by atoms with Crippen LogP contribution >= 0.6 is 0 Å². The maximum atomic E-state index is 12.3. The predicted molar refractivity (Wildman–Crippen MR) is 116 cm³/mol. The molecule has 0 saturated heterocycles. The minimum atomic E-state index is -1.14. The van der Waals surface area contributed by atoms with Crippen LogP contribution in [-0.2, 0) is 14.3 Å². The van der Waals surface area contributed by atoms with E-state index in [-0.39, 0.29) is 0 Å². The lowest BCUT2D eigenvalue weighted by atomic mass is 10.1. The van der Waals surface area contributed by atoms with Crippen LogP contribution in [0.5, 0.6) is 5.75 Å². The molecule has 0 aliphatic heterocycles. The lowest BCUT2D eigenvalue weighted by Gasteiger charge is -2.12. The highest BCUT2D eigenvalue weighted by atomic mass is 16.5. The first kappa shape index (κ1) is 21.8. The Bertz CT molecular complexity index is 1080. The Kier molecular flexibility index (Phi) is 7.18. The number of carbonyl (C=O) groups excluding carboxylic acids is 2. The van der Waals surface area contributed by atoms with E-state index >= 15 is 0 Å². The highest BCUT2D eigenvalue weighted by molar-refractivity contribution is 5.95. The van der Waals surface area contributed by atoms with Crippen molar-refractivity contribution in [2.75, 3.05) is 20.8 Å². The molecular weight excluding hydrogens is 398 g/mol. The van der Waals surface area contributed by atoms with Crippen LogP contribution in [-0.4, -0.2) is 53.6 Å². The molecule has 2 N–H and O–H groups in total. The Labute approximate surface area is 179 Å². The number of hydrogen-bond acceptors (Lipinski definition) is 6. The first-order chi connectivity index (χ1) is 15.1. The maximum Gasteiger partial charge on any atom is 0.330 e.